The molecule has 116 valence electrons. The molecule has 0 saturated carbocycles. The van der Waals surface area contributed by atoms with E-state index in [0.717, 1.165) is 62.6 Å². The molecule has 2 N–H and O–H groups in total. The Balaban J connectivity index is 1.36. The maximum Gasteiger partial charge on any atom is 0.317 e. The number of imidazole rings is 1. The van der Waals surface area contributed by atoms with Gasteiger partial charge in [0.1, 0.15) is 5.82 Å². The highest BCUT2D eigenvalue weighted by Gasteiger charge is 2.30. The van der Waals surface area contributed by atoms with E-state index in [4.69, 9.17) is 0 Å². The smallest absolute Gasteiger partial charge is 0.317 e. The average Bonchev–Trinajstić information content (AvgIpc) is 3.13. The van der Waals surface area contributed by atoms with E-state index in [2.05, 4.69) is 25.2 Å². The highest BCUT2D eigenvalue weighted by molar-refractivity contribution is 5.76. The number of carbonyl (C=O) groups is 1. The van der Waals surface area contributed by atoms with Crippen molar-refractivity contribution in [3.05, 3.63) is 24.2 Å². The average molecular weight is 300 g/mol. The summed E-state index contributed by atoms with van der Waals surface area (Å²) in [6, 6.07) is 4.39. The van der Waals surface area contributed by atoms with Crippen molar-refractivity contribution < 1.29 is 4.79 Å². The third-order valence-corrected chi connectivity index (χ3v) is 4.57. The third-order valence-electron chi connectivity index (χ3n) is 4.57. The maximum atomic E-state index is 11.7. The van der Waals surface area contributed by atoms with Gasteiger partial charge in [-0.15, -0.1) is 0 Å². The van der Waals surface area contributed by atoms with Gasteiger partial charge in [-0.1, -0.05) is 0 Å². The summed E-state index contributed by atoms with van der Waals surface area (Å²) in [6.45, 7) is 4.44. The van der Waals surface area contributed by atoms with E-state index < -0.39 is 0 Å². The van der Waals surface area contributed by atoms with Crippen LogP contribution in [-0.2, 0) is 6.54 Å². The zero-order valence-corrected chi connectivity index (χ0v) is 12.5. The van der Waals surface area contributed by atoms with Crippen LogP contribution in [0.15, 0.2) is 18.3 Å². The summed E-state index contributed by atoms with van der Waals surface area (Å²) in [7, 11) is 0. The van der Waals surface area contributed by atoms with Gasteiger partial charge in [-0.25, -0.2) is 14.8 Å². The predicted molar refractivity (Wildman–Crippen MR) is 82.3 cm³/mol. The minimum absolute atomic E-state index is 0.0989. The Morgan fingerprint density at radius 1 is 1.27 bits per heavy atom. The molecule has 2 aliphatic rings. The molecule has 0 unspecified atom stereocenters. The number of aromatic amines is 1. The van der Waals surface area contributed by atoms with Crippen LogP contribution in [0, 0.1) is 0 Å². The number of hydrogen-bond acceptors (Lipinski definition) is 4. The van der Waals surface area contributed by atoms with Crippen LogP contribution >= 0.6 is 0 Å². The van der Waals surface area contributed by atoms with Crippen molar-refractivity contribution in [3.63, 3.8) is 0 Å². The van der Waals surface area contributed by atoms with Crippen LogP contribution in [-0.4, -0.2) is 63.0 Å². The molecule has 7 heteroatoms. The van der Waals surface area contributed by atoms with Gasteiger partial charge in [0.2, 0.25) is 0 Å². The summed E-state index contributed by atoms with van der Waals surface area (Å²) in [5.74, 6) is 0.964. The second-order valence-electron chi connectivity index (χ2n) is 5.99. The summed E-state index contributed by atoms with van der Waals surface area (Å²) < 4.78 is 0. The van der Waals surface area contributed by atoms with E-state index in [1.54, 1.807) is 6.20 Å². The molecular formula is C15H20N6O. The number of nitrogens with one attached hydrogen (secondary N) is 2. The summed E-state index contributed by atoms with van der Waals surface area (Å²) >= 11 is 0. The first-order valence-electron chi connectivity index (χ1n) is 7.86. The van der Waals surface area contributed by atoms with Gasteiger partial charge < -0.3 is 15.2 Å². The van der Waals surface area contributed by atoms with Gasteiger partial charge in [-0.3, -0.25) is 4.90 Å². The number of likely N-dealkylation sites (tertiary alicyclic amines) is 1. The minimum Gasteiger partial charge on any atom is -0.340 e. The first kappa shape index (κ1) is 13.5. The summed E-state index contributed by atoms with van der Waals surface area (Å²) in [5, 5.41) is 2.88. The normalized spacial score (nSPS) is 20.7. The molecule has 0 aliphatic carbocycles. The minimum atomic E-state index is 0.0989. The topological polar surface area (TPSA) is 77.2 Å². The fourth-order valence-corrected chi connectivity index (χ4v) is 3.41. The molecule has 22 heavy (non-hydrogen) atoms. The lowest BCUT2D eigenvalue weighted by atomic mass is 10.0. The zero-order valence-electron chi connectivity index (χ0n) is 12.5. The Kier molecular flexibility index (Phi) is 3.42. The lowest BCUT2D eigenvalue weighted by molar-refractivity contribution is 0.130. The monoisotopic (exact) mass is 300 g/mol. The SMILES string of the molecule is O=C1NCCN1C1CCN(Cc2nc3ncccc3[nH]2)CC1. The van der Waals surface area contributed by atoms with Crippen molar-refractivity contribution in [2.75, 3.05) is 26.2 Å². The van der Waals surface area contributed by atoms with E-state index in [-0.39, 0.29) is 6.03 Å². The molecule has 2 aliphatic heterocycles. The number of nitrogens with zero attached hydrogens (tertiary/aromatic N) is 4. The number of fused-ring (bicyclic) bond motifs is 1. The third kappa shape index (κ3) is 2.52. The Bertz CT molecular complexity index is 642. The van der Waals surface area contributed by atoms with Crippen LogP contribution in [0.4, 0.5) is 4.79 Å². The van der Waals surface area contributed by atoms with Gasteiger partial charge in [0.15, 0.2) is 5.65 Å². The fraction of sp³-hybridized carbons (Fsp3) is 0.533. The highest BCUT2D eigenvalue weighted by Crippen LogP contribution is 2.19. The summed E-state index contributed by atoms with van der Waals surface area (Å²) in [6.07, 6.45) is 3.83. The number of hydrogen-bond donors (Lipinski definition) is 2. The molecule has 0 spiro atoms. The Morgan fingerprint density at radius 2 is 2.14 bits per heavy atom. The van der Waals surface area contributed by atoms with Gasteiger partial charge in [0.05, 0.1) is 12.1 Å². The lowest BCUT2D eigenvalue weighted by Crippen LogP contribution is -2.45. The molecule has 0 radical (unpaired) electrons. The predicted octanol–water partition coefficient (Wildman–Crippen LogP) is 0.947. The van der Waals surface area contributed by atoms with Gasteiger partial charge >= 0.3 is 6.03 Å². The first-order chi connectivity index (χ1) is 10.8. The van der Waals surface area contributed by atoms with Crippen molar-refractivity contribution in [3.8, 4) is 0 Å². The number of amides is 2. The van der Waals surface area contributed by atoms with Gasteiger partial charge in [0, 0.05) is 38.4 Å². The van der Waals surface area contributed by atoms with Gasteiger partial charge in [0.25, 0.3) is 0 Å². The van der Waals surface area contributed by atoms with E-state index in [0.29, 0.717) is 6.04 Å². The van der Waals surface area contributed by atoms with Gasteiger partial charge in [-0.05, 0) is 25.0 Å². The standard InChI is InChI=1S/C15H20N6O/c22-15-17-6-9-21(15)11-3-7-20(8-4-11)10-13-18-12-2-1-5-16-14(12)19-13/h1-2,5,11H,3-4,6-10H2,(H,17,22)(H,16,18,19). The molecule has 0 aromatic carbocycles. The van der Waals surface area contributed by atoms with Crippen LogP contribution < -0.4 is 5.32 Å². The number of urea groups is 1. The van der Waals surface area contributed by atoms with Crippen LogP contribution in [0.5, 0.6) is 0 Å². The van der Waals surface area contributed by atoms with Crippen molar-refractivity contribution in [1.29, 1.82) is 0 Å². The van der Waals surface area contributed by atoms with E-state index in [1.807, 2.05) is 17.0 Å². The number of H-pyrrole nitrogens is 1. The Hall–Kier alpha value is -2.15. The molecule has 2 fully saturated rings. The molecule has 7 nitrogen and oxygen atoms in total. The second-order valence-corrected chi connectivity index (χ2v) is 5.99. The number of aromatic nitrogens is 3. The van der Waals surface area contributed by atoms with Crippen molar-refractivity contribution in [2.24, 2.45) is 0 Å². The molecular weight excluding hydrogens is 280 g/mol. The zero-order chi connectivity index (χ0) is 14.9. The Morgan fingerprint density at radius 3 is 2.86 bits per heavy atom. The molecule has 2 saturated heterocycles. The summed E-state index contributed by atoms with van der Waals surface area (Å²) in [5.41, 5.74) is 1.77. The molecule has 0 atom stereocenters. The van der Waals surface area contributed by atoms with E-state index >= 15 is 0 Å². The largest absolute Gasteiger partial charge is 0.340 e. The summed E-state index contributed by atoms with van der Waals surface area (Å²) in [4.78, 5) is 28.2. The molecule has 4 rings (SSSR count). The lowest BCUT2D eigenvalue weighted by Gasteiger charge is -2.35. The molecule has 2 amide bonds. The van der Waals surface area contributed by atoms with Crippen molar-refractivity contribution in [2.45, 2.75) is 25.4 Å². The fourth-order valence-electron chi connectivity index (χ4n) is 3.41. The number of piperidine rings is 1. The van der Waals surface area contributed by atoms with Crippen LogP contribution in [0.1, 0.15) is 18.7 Å². The molecule has 0 bridgehead atoms. The number of pyridine rings is 1. The van der Waals surface area contributed by atoms with Crippen LogP contribution in [0.2, 0.25) is 0 Å². The quantitative estimate of drug-likeness (QED) is 0.884. The number of carbonyl (C=O) groups excluding carboxylic acids is 1. The number of rotatable bonds is 3. The molecule has 2 aromatic rings. The van der Waals surface area contributed by atoms with Crippen LogP contribution in [0.25, 0.3) is 11.2 Å². The van der Waals surface area contributed by atoms with E-state index in [1.165, 1.54) is 0 Å². The first-order valence-corrected chi connectivity index (χ1v) is 7.86. The highest BCUT2D eigenvalue weighted by atomic mass is 16.2. The molecule has 2 aromatic heterocycles. The molecule has 4 heterocycles. The Labute approximate surface area is 128 Å². The van der Waals surface area contributed by atoms with Crippen molar-refractivity contribution >= 4 is 17.2 Å². The van der Waals surface area contributed by atoms with E-state index in [9.17, 15) is 4.79 Å². The van der Waals surface area contributed by atoms with Crippen LogP contribution in [0.3, 0.4) is 0 Å². The second kappa shape index (κ2) is 5.57. The van der Waals surface area contributed by atoms with Gasteiger partial charge in [-0.2, -0.15) is 0 Å². The maximum absolute atomic E-state index is 11.7. The van der Waals surface area contributed by atoms with Crippen molar-refractivity contribution in [1.82, 2.24) is 30.1 Å².